The van der Waals surface area contributed by atoms with Crippen molar-refractivity contribution in [3.63, 3.8) is 0 Å². The van der Waals surface area contributed by atoms with Gasteiger partial charge in [0.15, 0.2) is 0 Å². The van der Waals surface area contributed by atoms with E-state index in [9.17, 15) is 14.0 Å². The first-order valence-corrected chi connectivity index (χ1v) is 5.28. The summed E-state index contributed by atoms with van der Waals surface area (Å²) in [4.78, 5) is 22.8. The molecule has 0 fully saturated rings. The first-order valence-electron chi connectivity index (χ1n) is 5.28. The third-order valence-corrected chi connectivity index (χ3v) is 2.07. The molecule has 0 aliphatic rings. The van der Waals surface area contributed by atoms with Gasteiger partial charge < -0.3 is 10.6 Å². The minimum atomic E-state index is -0.799. The first kappa shape index (κ1) is 13.2. The van der Waals surface area contributed by atoms with Gasteiger partial charge in [0.2, 0.25) is 0 Å². The van der Waals surface area contributed by atoms with E-state index in [2.05, 4.69) is 10.6 Å². The Morgan fingerprint density at radius 2 is 1.88 bits per heavy atom. The average Bonchev–Trinajstić information content (AvgIpc) is 2.22. The molecule has 2 N–H and O–H groups in total. The Bertz CT molecular complexity index is 444. The second-order valence-corrected chi connectivity index (χ2v) is 4.04. The second-order valence-electron chi connectivity index (χ2n) is 4.04. The Morgan fingerprint density at radius 1 is 1.24 bits per heavy atom. The highest BCUT2D eigenvalue weighted by Crippen LogP contribution is 2.15. The van der Waals surface area contributed by atoms with Crippen LogP contribution in [0.3, 0.4) is 0 Å². The zero-order valence-electron chi connectivity index (χ0n) is 10.0. The first-order chi connectivity index (χ1) is 7.90. The highest BCUT2D eigenvalue weighted by molar-refractivity contribution is 6.39. The lowest BCUT2D eigenvalue weighted by molar-refractivity contribution is -0.136. The van der Waals surface area contributed by atoms with E-state index >= 15 is 0 Å². The number of carbonyl (C=O) groups is 2. The monoisotopic (exact) mass is 238 g/mol. The molecule has 0 aromatic heterocycles. The third-order valence-electron chi connectivity index (χ3n) is 2.07. The van der Waals surface area contributed by atoms with E-state index in [4.69, 9.17) is 0 Å². The quantitative estimate of drug-likeness (QED) is 0.769. The molecule has 4 nitrogen and oxygen atoms in total. The van der Waals surface area contributed by atoms with E-state index < -0.39 is 17.6 Å². The van der Waals surface area contributed by atoms with Gasteiger partial charge in [-0.05, 0) is 38.5 Å². The number of hydrogen-bond donors (Lipinski definition) is 2. The lowest BCUT2D eigenvalue weighted by Gasteiger charge is -2.10. The number of halogens is 1. The number of rotatable bonds is 2. The molecule has 17 heavy (non-hydrogen) atoms. The minimum Gasteiger partial charge on any atom is -0.346 e. The molecule has 92 valence electrons. The van der Waals surface area contributed by atoms with Gasteiger partial charge in [0.05, 0.1) is 0 Å². The van der Waals surface area contributed by atoms with Crippen molar-refractivity contribution in [3.8, 4) is 0 Å². The van der Waals surface area contributed by atoms with E-state index in [0.29, 0.717) is 11.3 Å². The molecule has 2 amide bonds. The fourth-order valence-electron chi connectivity index (χ4n) is 1.24. The van der Waals surface area contributed by atoms with Crippen LogP contribution in [0.1, 0.15) is 19.4 Å². The van der Waals surface area contributed by atoms with Crippen molar-refractivity contribution in [2.45, 2.75) is 26.8 Å². The standard InChI is InChI=1S/C12H15FN2O2/c1-7(2)14-11(16)12(17)15-10-6-9(13)5-4-8(10)3/h4-7H,1-3H3,(H,14,16)(H,15,17). The van der Waals surface area contributed by atoms with Crippen molar-refractivity contribution < 1.29 is 14.0 Å². The Kier molecular flexibility index (Phi) is 4.20. The van der Waals surface area contributed by atoms with Gasteiger partial charge in [-0.3, -0.25) is 9.59 Å². The molecule has 0 saturated carbocycles. The largest absolute Gasteiger partial charge is 0.346 e. The van der Waals surface area contributed by atoms with Crippen LogP contribution in [0, 0.1) is 12.7 Å². The molecule has 1 rings (SSSR count). The summed E-state index contributed by atoms with van der Waals surface area (Å²) in [6, 6.07) is 3.88. The fraction of sp³-hybridized carbons (Fsp3) is 0.333. The molecule has 0 atom stereocenters. The molecule has 0 bridgehead atoms. The summed E-state index contributed by atoms with van der Waals surface area (Å²) in [5, 5.41) is 4.82. The van der Waals surface area contributed by atoms with E-state index in [1.165, 1.54) is 18.2 Å². The van der Waals surface area contributed by atoms with Gasteiger partial charge >= 0.3 is 11.8 Å². The highest BCUT2D eigenvalue weighted by atomic mass is 19.1. The zero-order valence-corrected chi connectivity index (χ0v) is 10.0. The molecule has 5 heteroatoms. The van der Waals surface area contributed by atoms with Crippen LogP contribution in [0.2, 0.25) is 0 Å². The Morgan fingerprint density at radius 3 is 2.47 bits per heavy atom. The normalized spacial score (nSPS) is 10.2. The molecule has 0 aliphatic carbocycles. The molecule has 1 aromatic rings. The molecule has 0 radical (unpaired) electrons. The molecule has 0 saturated heterocycles. The van der Waals surface area contributed by atoms with Crippen LogP contribution < -0.4 is 10.6 Å². The van der Waals surface area contributed by atoms with Crippen LogP contribution in [0.4, 0.5) is 10.1 Å². The maximum absolute atomic E-state index is 13.0. The highest BCUT2D eigenvalue weighted by Gasteiger charge is 2.15. The molecule has 0 unspecified atom stereocenters. The maximum Gasteiger partial charge on any atom is 0.313 e. The Hall–Kier alpha value is -1.91. The van der Waals surface area contributed by atoms with Gasteiger partial charge in [0, 0.05) is 11.7 Å². The van der Waals surface area contributed by atoms with Crippen LogP contribution in [-0.2, 0) is 9.59 Å². The number of anilines is 1. The van der Waals surface area contributed by atoms with Gasteiger partial charge in [-0.1, -0.05) is 6.07 Å². The van der Waals surface area contributed by atoms with Crippen molar-refractivity contribution >= 4 is 17.5 Å². The SMILES string of the molecule is Cc1ccc(F)cc1NC(=O)C(=O)NC(C)C. The van der Waals surface area contributed by atoms with E-state index in [0.717, 1.165) is 0 Å². The summed E-state index contributed by atoms with van der Waals surface area (Å²) in [5.41, 5.74) is 0.992. The number of amides is 2. The Balaban J connectivity index is 2.74. The molecular weight excluding hydrogens is 223 g/mol. The summed E-state index contributed by atoms with van der Waals surface area (Å²) in [6.45, 7) is 5.21. The van der Waals surface area contributed by atoms with Gasteiger partial charge in [0.1, 0.15) is 5.82 Å². The summed E-state index contributed by atoms with van der Waals surface area (Å²) in [7, 11) is 0. The van der Waals surface area contributed by atoms with Crippen LogP contribution in [0.25, 0.3) is 0 Å². The van der Waals surface area contributed by atoms with Gasteiger partial charge in [0.25, 0.3) is 0 Å². The molecule has 0 aliphatic heterocycles. The number of nitrogens with one attached hydrogen (secondary N) is 2. The zero-order chi connectivity index (χ0) is 13.0. The van der Waals surface area contributed by atoms with E-state index in [-0.39, 0.29) is 6.04 Å². The topological polar surface area (TPSA) is 58.2 Å². The predicted molar refractivity (Wildman–Crippen MR) is 63.0 cm³/mol. The van der Waals surface area contributed by atoms with Crippen LogP contribution in [0.5, 0.6) is 0 Å². The third kappa shape index (κ3) is 3.86. The van der Waals surface area contributed by atoms with Crippen molar-refractivity contribution in [2.75, 3.05) is 5.32 Å². The van der Waals surface area contributed by atoms with Crippen LogP contribution in [-0.4, -0.2) is 17.9 Å². The summed E-state index contributed by atoms with van der Waals surface area (Å²) < 4.78 is 13.0. The van der Waals surface area contributed by atoms with Crippen LogP contribution >= 0.6 is 0 Å². The number of benzene rings is 1. The average molecular weight is 238 g/mol. The second kappa shape index (κ2) is 5.43. The molecule has 0 heterocycles. The van der Waals surface area contributed by atoms with Crippen molar-refractivity contribution in [1.29, 1.82) is 0 Å². The number of carbonyl (C=O) groups excluding carboxylic acids is 2. The fourth-order valence-corrected chi connectivity index (χ4v) is 1.24. The van der Waals surface area contributed by atoms with E-state index in [1.54, 1.807) is 20.8 Å². The lowest BCUT2D eigenvalue weighted by Crippen LogP contribution is -2.39. The summed E-state index contributed by atoms with van der Waals surface area (Å²) in [5.74, 6) is -1.99. The number of aryl methyl sites for hydroxylation is 1. The predicted octanol–water partition coefficient (Wildman–Crippen LogP) is 1.60. The molecule has 0 spiro atoms. The Labute approximate surface area is 99.2 Å². The number of hydrogen-bond acceptors (Lipinski definition) is 2. The minimum absolute atomic E-state index is 0.123. The molecule has 1 aromatic carbocycles. The summed E-state index contributed by atoms with van der Waals surface area (Å²) in [6.07, 6.45) is 0. The van der Waals surface area contributed by atoms with Gasteiger partial charge in [-0.15, -0.1) is 0 Å². The van der Waals surface area contributed by atoms with Crippen LogP contribution in [0.15, 0.2) is 18.2 Å². The molecular formula is C12H15FN2O2. The maximum atomic E-state index is 13.0. The smallest absolute Gasteiger partial charge is 0.313 e. The van der Waals surface area contributed by atoms with Crippen molar-refractivity contribution in [3.05, 3.63) is 29.6 Å². The van der Waals surface area contributed by atoms with E-state index in [1.807, 2.05) is 0 Å². The van der Waals surface area contributed by atoms with Gasteiger partial charge in [-0.25, -0.2) is 4.39 Å². The van der Waals surface area contributed by atoms with Crippen molar-refractivity contribution in [2.24, 2.45) is 0 Å². The summed E-state index contributed by atoms with van der Waals surface area (Å²) >= 11 is 0. The van der Waals surface area contributed by atoms with Crippen molar-refractivity contribution in [1.82, 2.24) is 5.32 Å². The van der Waals surface area contributed by atoms with Gasteiger partial charge in [-0.2, -0.15) is 0 Å². The lowest BCUT2D eigenvalue weighted by atomic mass is 10.2.